The van der Waals surface area contributed by atoms with Crippen molar-refractivity contribution in [2.45, 2.75) is 25.8 Å². The van der Waals surface area contributed by atoms with Crippen molar-refractivity contribution in [1.29, 1.82) is 5.26 Å². The van der Waals surface area contributed by atoms with Crippen LogP contribution in [0.3, 0.4) is 0 Å². The molecule has 0 amide bonds. The third-order valence-electron chi connectivity index (χ3n) is 2.94. The average Bonchev–Trinajstić information content (AvgIpc) is 2.31. The molecule has 0 bridgehead atoms. The molecule has 0 spiro atoms. The highest BCUT2D eigenvalue weighted by Crippen LogP contribution is 2.13. The fourth-order valence-corrected chi connectivity index (χ4v) is 2.06. The Hall–Kier alpha value is -1.33. The second-order valence-corrected chi connectivity index (χ2v) is 4.15. The molecule has 0 atom stereocenters. The van der Waals surface area contributed by atoms with Crippen molar-refractivity contribution in [1.82, 2.24) is 4.90 Å². The fraction of sp³-hybridized carbons (Fsp3) is 0.462. The predicted octanol–water partition coefficient (Wildman–Crippen LogP) is 2.54. The summed E-state index contributed by atoms with van der Waals surface area (Å²) in [6.07, 6.45) is 4.04. The molecule has 1 aliphatic rings. The van der Waals surface area contributed by atoms with Gasteiger partial charge in [-0.05, 0) is 43.6 Å². The molecule has 0 unspecified atom stereocenters. The number of nitriles is 1. The van der Waals surface area contributed by atoms with Crippen LogP contribution < -0.4 is 0 Å². The largest absolute Gasteiger partial charge is 0.299 e. The van der Waals surface area contributed by atoms with Crippen molar-refractivity contribution in [3.8, 4) is 6.07 Å². The Morgan fingerprint density at radius 2 is 1.73 bits per heavy atom. The smallest absolute Gasteiger partial charge is 0.0991 e. The summed E-state index contributed by atoms with van der Waals surface area (Å²) >= 11 is 0. The summed E-state index contributed by atoms with van der Waals surface area (Å²) in [7, 11) is 0. The van der Waals surface area contributed by atoms with Gasteiger partial charge in [-0.1, -0.05) is 18.6 Å². The molecule has 1 saturated heterocycles. The Morgan fingerprint density at radius 1 is 1.07 bits per heavy atom. The van der Waals surface area contributed by atoms with Crippen molar-refractivity contribution in [2.24, 2.45) is 0 Å². The molecule has 0 saturated carbocycles. The lowest BCUT2D eigenvalue weighted by atomic mass is 10.1. The highest BCUT2D eigenvalue weighted by Gasteiger charge is 2.09. The Kier molecular flexibility index (Phi) is 3.37. The second-order valence-electron chi connectivity index (χ2n) is 4.15. The van der Waals surface area contributed by atoms with E-state index in [1.807, 2.05) is 12.1 Å². The molecule has 15 heavy (non-hydrogen) atoms. The highest BCUT2D eigenvalue weighted by molar-refractivity contribution is 5.31. The SMILES string of the molecule is N#Cc1ccc(CN2CCCCC2)cc1. The van der Waals surface area contributed by atoms with Crippen LogP contribution in [0.5, 0.6) is 0 Å². The molecule has 0 aromatic heterocycles. The van der Waals surface area contributed by atoms with Crippen LogP contribution in [0.15, 0.2) is 24.3 Å². The van der Waals surface area contributed by atoms with Gasteiger partial charge in [0.15, 0.2) is 0 Å². The monoisotopic (exact) mass is 200 g/mol. The Balaban J connectivity index is 1.95. The molecule has 2 nitrogen and oxygen atoms in total. The van der Waals surface area contributed by atoms with Crippen LogP contribution in [0.1, 0.15) is 30.4 Å². The molecule has 0 N–H and O–H groups in total. The van der Waals surface area contributed by atoms with Gasteiger partial charge < -0.3 is 0 Å². The van der Waals surface area contributed by atoms with Gasteiger partial charge in [0.1, 0.15) is 0 Å². The maximum atomic E-state index is 8.69. The Morgan fingerprint density at radius 3 is 2.33 bits per heavy atom. The van der Waals surface area contributed by atoms with Gasteiger partial charge >= 0.3 is 0 Å². The molecule has 2 rings (SSSR count). The molecule has 1 aliphatic heterocycles. The van der Waals surface area contributed by atoms with E-state index < -0.39 is 0 Å². The average molecular weight is 200 g/mol. The molecule has 1 fully saturated rings. The fourth-order valence-electron chi connectivity index (χ4n) is 2.06. The molecular formula is C13H16N2. The number of rotatable bonds is 2. The lowest BCUT2D eigenvalue weighted by Crippen LogP contribution is -2.29. The van der Waals surface area contributed by atoms with Gasteiger partial charge in [-0.25, -0.2) is 0 Å². The quantitative estimate of drug-likeness (QED) is 0.733. The molecule has 0 aliphatic carbocycles. The minimum absolute atomic E-state index is 0.748. The van der Waals surface area contributed by atoms with Crippen molar-refractivity contribution < 1.29 is 0 Å². The van der Waals surface area contributed by atoms with E-state index in [-0.39, 0.29) is 0 Å². The summed E-state index contributed by atoms with van der Waals surface area (Å²) in [4.78, 5) is 2.49. The number of nitrogens with zero attached hydrogens (tertiary/aromatic N) is 2. The number of likely N-dealkylation sites (tertiary alicyclic amines) is 1. The van der Waals surface area contributed by atoms with Gasteiger partial charge in [-0.3, -0.25) is 4.90 Å². The second kappa shape index (κ2) is 4.95. The van der Waals surface area contributed by atoms with Crippen LogP contribution in [-0.4, -0.2) is 18.0 Å². The molecule has 78 valence electrons. The zero-order valence-corrected chi connectivity index (χ0v) is 8.95. The minimum Gasteiger partial charge on any atom is -0.299 e. The van der Waals surface area contributed by atoms with Gasteiger partial charge in [-0.15, -0.1) is 0 Å². The summed E-state index contributed by atoms with van der Waals surface area (Å²) in [6, 6.07) is 10.1. The molecule has 1 aromatic carbocycles. The summed E-state index contributed by atoms with van der Waals surface area (Å²) in [6.45, 7) is 3.48. The lowest BCUT2D eigenvalue weighted by molar-refractivity contribution is 0.221. The normalized spacial score (nSPS) is 17.3. The van der Waals surface area contributed by atoms with Crippen molar-refractivity contribution in [3.63, 3.8) is 0 Å². The Labute approximate surface area is 91.1 Å². The van der Waals surface area contributed by atoms with Gasteiger partial charge in [0.2, 0.25) is 0 Å². The third-order valence-corrected chi connectivity index (χ3v) is 2.94. The van der Waals surface area contributed by atoms with E-state index in [0.717, 1.165) is 12.1 Å². The minimum atomic E-state index is 0.748. The lowest BCUT2D eigenvalue weighted by Gasteiger charge is -2.26. The molecule has 2 heteroatoms. The van der Waals surface area contributed by atoms with Gasteiger partial charge in [0.05, 0.1) is 11.6 Å². The summed E-state index contributed by atoms with van der Waals surface area (Å²) < 4.78 is 0. The van der Waals surface area contributed by atoms with Crippen LogP contribution in [0.2, 0.25) is 0 Å². The molecule has 1 heterocycles. The van der Waals surface area contributed by atoms with Crippen molar-refractivity contribution >= 4 is 0 Å². The van der Waals surface area contributed by atoms with Crippen LogP contribution in [0.4, 0.5) is 0 Å². The van der Waals surface area contributed by atoms with Crippen LogP contribution in [0.25, 0.3) is 0 Å². The Bertz CT molecular complexity index is 342. The van der Waals surface area contributed by atoms with Crippen molar-refractivity contribution in [3.05, 3.63) is 35.4 Å². The number of hydrogen-bond donors (Lipinski definition) is 0. The third kappa shape index (κ3) is 2.81. The zero-order chi connectivity index (χ0) is 10.5. The molecule has 0 radical (unpaired) electrons. The van der Waals surface area contributed by atoms with E-state index in [9.17, 15) is 0 Å². The first-order chi connectivity index (χ1) is 7.38. The standard InChI is InChI=1S/C13H16N2/c14-10-12-4-6-13(7-5-12)11-15-8-2-1-3-9-15/h4-7H,1-3,8-9,11H2. The topological polar surface area (TPSA) is 27.0 Å². The first-order valence-corrected chi connectivity index (χ1v) is 5.60. The summed E-state index contributed by atoms with van der Waals surface area (Å²) in [5, 5.41) is 8.69. The summed E-state index contributed by atoms with van der Waals surface area (Å²) in [5.74, 6) is 0. The first-order valence-electron chi connectivity index (χ1n) is 5.60. The van der Waals surface area contributed by atoms with Gasteiger partial charge in [0, 0.05) is 6.54 Å². The van der Waals surface area contributed by atoms with Crippen LogP contribution in [-0.2, 0) is 6.54 Å². The van der Waals surface area contributed by atoms with Crippen LogP contribution >= 0.6 is 0 Å². The first kappa shape index (κ1) is 10.2. The van der Waals surface area contributed by atoms with E-state index >= 15 is 0 Å². The van der Waals surface area contributed by atoms with E-state index in [1.165, 1.54) is 37.9 Å². The van der Waals surface area contributed by atoms with E-state index in [4.69, 9.17) is 5.26 Å². The maximum Gasteiger partial charge on any atom is 0.0991 e. The summed E-state index contributed by atoms with van der Waals surface area (Å²) in [5.41, 5.74) is 2.06. The van der Waals surface area contributed by atoms with Crippen LogP contribution in [0, 0.1) is 11.3 Å². The van der Waals surface area contributed by atoms with Gasteiger partial charge in [-0.2, -0.15) is 5.26 Å². The molecule has 1 aromatic rings. The van der Waals surface area contributed by atoms with E-state index in [1.54, 1.807) is 0 Å². The maximum absolute atomic E-state index is 8.69. The highest BCUT2D eigenvalue weighted by atomic mass is 15.1. The molecular weight excluding hydrogens is 184 g/mol. The zero-order valence-electron chi connectivity index (χ0n) is 8.95. The predicted molar refractivity (Wildman–Crippen MR) is 60.3 cm³/mol. The van der Waals surface area contributed by atoms with Crippen molar-refractivity contribution in [2.75, 3.05) is 13.1 Å². The van der Waals surface area contributed by atoms with E-state index in [2.05, 4.69) is 23.1 Å². The number of piperidine rings is 1. The number of benzene rings is 1. The number of hydrogen-bond acceptors (Lipinski definition) is 2. The van der Waals surface area contributed by atoms with Gasteiger partial charge in [0.25, 0.3) is 0 Å². The van der Waals surface area contributed by atoms with E-state index in [0.29, 0.717) is 0 Å².